The number of nitrogens with one attached hydrogen (secondary N) is 2. The third kappa shape index (κ3) is 3.35. The van der Waals surface area contributed by atoms with Gasteiger partial charge in [0.05, 0.1) is 15.6 Å². The fraction of sp³-hybridized carbons (Fsp3) is 0.455. The van der Waals surface area contributed by atoms with Gasteiger partial charge in [0.2, 0.25) is 10.0 Å². The summed E-state index contributed by atoms with van der Waals surface area (Å²) in [5, 5.41) is 12.1. The number of benzene rings is 1. The predicted molar refractivity (Wildman–Crippen MR) is 72.3 cm³/mol. The minimum atomic E-state index is -3.70. The van der Waals surface area contributed by atoms with E-state index in [1.807, 2.05) is 0 Å². The van der Waals surface area contributed by atoms with E-state index in [2.05, 4.69) is 10.6 Å². The molecule has 4 N–H and O–H groups in total. The van der Waals surface area contributed by atoms with E-state index in [1.165, 1.54) is 12.1 Å². The van der Waals surface area contributed by atoms with Crippen LogP contribution in [0.5, 0.6) is 0 Å². The molecule has 1 aliphatic heterocycles. The Morgan fingerprint density at radius 3 is 2.83 bits per heavy atom. The van der Waals surface area contributed by atoms with Crippen LogP contribution in [0.3, 0.4) is 0 Å². The van der Waals surface area contributed by atoms with Crippen molar-refractivity contribution in [1.29, 1.82) is 0 Å². The van der Waals surface area contributed by atoms with Gasteiger partial charge in [-0.2, -0.15) is 0 Å². The average Bonchev–Trinajstić information content (AvgIpc) is 2.32. The van der Waals surface area contributed by atoms with Gasteiger partial charge in [0.25, 0.3) is 0 Å². The Bertz CT molecular complexity index is 527. The SMILES string of the molecule is NS(=O)(=O)c1ccc(Cl)c(NC2CCCNC2)c1. The largest absolute Gasteiger partial charge is 0.380 e. The van der Waals surface area contributed by atoms with Crippen molar-refractivity contribution >= 4 is 27.3 Å². The highest BCUT2D eigenvalue weighted by Gasteiger charge is 2.16. The molecule has 18 heavy (non-hydrogen) atoms. The smallest absolute Gasteiger partial charge is 0.238 e. The molecule has 1 fully saturated rings. The number of hydrogen-bond donors (Lipinski definition) is 3. The summed E-state index contributed by atoms with van der Waals surface area (Å²) in [6, 6.07) is 4.68. The number of rotatable bonds is 3. The predicted octanol–water partition coefficient (Wildman–Crippen LogP) is 1.15. The number of piperidine rings is 1. The maximum absolute atomic E-state index is 11.3. The van der Waals surface area contributed by atoms with E-state index in [0.29, 0.717) is 10.7 Å². The van der Waals surface area contributed by atoms with Crippen LogP contribution in [0.25, 0.3) is 0 Å². The summed E-state index contributed by atoms with van der Waals surface area (Å²) in [7, 11) is -3.70. The van der Waals surface area contributed by atoms with Gasteiger partial charge in [-0.15, -0.1) is 0 Å². The molecule has 100 valence electrons. The lowest BCUT2D eigenvalue weighted by Gasteiger charge is -2.25. The average molecular weight is 290 g/mol. The molecule has 0 spiro atoms. The topological polar surface area (TPSA) is 84.2 Å². The number of sulfonamides is 1. The first-order chi connectivity index (χ1) is 8.47. The van der Waals surface area contributed by atoms with Crippen LogP contribution in [0, 0.1) is 0 Å². The van der Waals surface area contributed by atoms with Gasteiger partial charge in [0, 0.05) is 12.6 Å². The van der Waals surface area contributed by atoms with Gasteiger partial charge in [0.1, 0.15) is 0 Å². The molecular formula is C11H16ClN3O2S. The highest BCUT2D eigenvalue weighted by atomic mass is 35.5. The van der Waals surface area contributed by atoms with Crippen molar-refractivity contribution in [3.8, 4) is 0 Å². The van der Waals surface area contributed by atoms with Gasteiger partial charge in [-0.3, -0.25) is 0 Å². The summed E-state index contributed by atoms with van der Waals surface area (Å²) in [6.07, 6.45) is 2.12. The van der Waals surface area contributed by atoms with Crippen molar-refractivity contribution in [2.75, 3.05) is 18.4 Å². The van der Waals surface area contributed by atoms with E-state index >= 15 is 0 Å². The van der Waals surface area contributed by atoms with Crippen LogP contribution in [0.15, 0.2) is 23.1 Å². The Balaban J connectivity index is 2.21. The molecule has 0 radical (unpaired) electrons. The zero-order chi connectivity index (χ0) is 13.2. The highest BCUT2D eigenvalue weighted by Crippen LogP contribution is 2.26. The number of nitrogens with two attached hydrogens (primary N) is 1. The van der Waals surface area contributed by atoms with Gasteiger partial charge in [-0.25, -0.2) is 13.6 Å². The van der Waals surface area contributed by atoms with E-state index in [9.17, 15) is 8.42 Å². The molecule has 7 heteroatoms. The van der Waals surface area contributed by atoms with Gasteiger partial charge < -0.3 is 10.6 Å². The minimum Gasteiger partial charge on any atom is -0.380 e. The van der Waals surface area contributed by atoms with Crippen LogP contribution in [-0.2, 0) is 10.0 Å². The molecule has 0 bridgehead atoms. The summed E-state index contributed by atoms with van der Waals surface area (Å²) in [4.78, 5) is 0.0677. The number of anilines is 1. The van der Waals surface area contributed by atoms with E-state index in [-0.39, 0.29) is 10.9 Å². The highest BCUT2D eigenvalue weighted by molar-refractivity contribution is 7.89. The maximum atomic E-state index is 11.3. The lowest BCUT2D eigenvalue weighted by atomic mass is 10.1. The summed E-state index contributed by atoms with van der Waals surface area (Å²) in [5.74, 6) is 0. The molecule has 1 atom stereocenters. The number of primary sulfonamides is 1. The first kappa shape index (κ1) is 13.6. The molecule has 5 nitrogen and oxygen atoms in total. The Hall–Kier alpha value is -0.820. The van der Waals surface area contributed by atoms with E-state index < -0.39 is 10.0 Å². The second-order valence-corrected chi connectivity index (χ2v) is 6.34. The minimum absolute atomic E-state index is 0.0677. The first-order valence-corrected chi connectivity index (χ1v) is 7.69. The lowest BCUT2D eigenvalue weighted by molar-refractivity contribution is 0.480. The zero-order valence-electron chi connectivity index (χ0n) is 9.82. The summed E-state index contributed by atoms with van der Waals surface area (Å²) in [5.41, 5.74) is 0.608. The molecule has 1 unspecified atom stereocenters. The standard InChI is InChI=1S/C11H16ClN3O2S/c12-10-4-3-9(18(13,16)17)6-11(10)15-8-2-1-5-14-7-8/h3-4,6,8,14-15H,1-2,5,7H2,(H2,13,16,17). The molecule has 1 aliphatic rings. The van der Waals surface area contributed by atoms with E-state index in [1.54, 1.807) is 6.07 Å². The molecule has 1 saturated heterocycles. The third-order valence-corrected chi connectivity index (χ3v) is 4.16. The van der Waals surface area contributed by atoms with Crippen LogP contribution < -0.4 is 15.8 Å². The monoisotopic (exact) mass is 289 g/mol. The maximum Gasteiger partial charge on any atom is 0.238 e. The van der Waals surface area contributed by atoms with Crippen LogP contribution in [0.4, 0.5) is 5.69 Å². The van der Waals surface area contributed by atoms with Crippen molar-refractivity contribution in [2.45, 2.75) is 23.8 Å². The lowest BCUT2D eigenvalue weighted by Crippen LogP contribution is -2.38. The second-order valence-electron chi connectivity index (χ2n) is 4.37. The van der Waals surface area contributed by atoms with E-state index in [0.717, 1.165) is 25.9 Å². The van der Waals surface area contributed by atoms with Crippen LogP contribution >= 0.6 is 11.6 Å². The first-order valence-electron chi connectivity index (χ1n) is 5.76. The quantitative estimate of drug-likeness (QED) is 0.779. The third-order valence-electron chi connectivity index (χ3n) is 2.92. The zero-order valence-corrected chi connectivity index (χ0v) is 11.4. The number of hydrogen-bond acceptors (Lipinski definition) is 4. The molecule has 0 aromatic heterocycles. The Morgan fingerprint density at radius 2 is 2.22 bits per heavy atom. The fourth-order valence-corrected chi connectivity index (χ4v) is 2.70. The molecule has 0 aliphatic carbocycles. The molecule has 0 amide bonds. The van der Waals surface area contributed by atoms with Crippen molar-refractivity contribution in [3.63, 3.8) is 0 Å². The normalized spacial score (nSPS) is 20.7. The molecule has 0 saturated carbocycles. The molecule has 2 rings (SSSR count). The summed E-state index contributed by atoms with van der Waals surface area (Å²) < 4.78 is 22.6. The van der Waals surface area contributed by atoms with Gasteiger partial charge in [-0.05, 0) is 37.6 Å². The van der Waals surface area contributed by atoms with Crippen molar-refractivity contribution in [3.05, 3.63) is 23.2 Å². The molecule has 1 aromatic rings. The van der Waals surface area contributed by atoms with Crippen LogP contribution in [-0.4, -0.2) is 27.5 Å². The van der Waals surface area contributed by atoms with Gasteiger partial charge in [0.15, 0.2) is 0 Å². The van der Waals surface area contributed by atoms with Crippen molar-refractivity contribution in [1.82, 2.24) is 5.32 Å². The van der Waals surface area contributed by atoms with E-state index in [4.69, 9.17) is 16.7 Å². The van der Waals surface area contributed by atoms with Crippen LogP contribution in [0.1, 0.15) is 12.8 Å². The summed E-state index contributed by atoms with van der Waals surface area (Å²) >= 11 is 6.05. The van der Waals surface area contributed by atoms with Crippen molar-refractivity contribution in [2.24, 2.45) is 5.14 Å². The van der Waals surface area contributed by atoms with Gasteiger partial charge >= 0.3 is 0 Å². The van der Waals surface area contributed by atoms with Gasteiger partial charge in [-0.1, -0.05) is 11.6 Å². The Labute approximate surface area is 112 Å². The molecule has 1 heterocycles. The van der Waals surface area contributed by atoms with Crippen molar-refractivity contribution < 1.29 is 8.42 Å². The summed E-state index contributed by atoms with van der Waals surface area (Å²) in [6.45, 7) is 1.86. The van der Waals surface area contributed by atoms with Crippen LogP contribution in [0.2, 0.25) is 5.02 Å². The second kappa shape index (κ2) is 5.44. The molecule has 1 aromatic carbocycles. The molecular weight excluding hydrogens is 274 g/mol. The Kier molecular flexibility index (Phi) is 4.11. The number of halogens is 1. The Morgan fingerprint density at radius 1 is 1.44 bits per heavy atom. The fourth-order valence-electron chi connectivity index (χ4n) is 1.99.